The van der Waals surface area contributed by atoms with E-state index in [-0.39, 0.29) is 5.88 Å². The van der Waals surface area contributed by atoms with Crippen molar-refractivity contribution in [2.45, 2.75) is 45.5 Å². The molecule has 100 valence electrons. The van der Waals surface area contributed by atoms with Crippen LogP contribution in [0.5, 0.6) is 5.88 Å². The Hall–Kier alpha value is -0.725. The van der Waals surface area contributed by atoms with Crippen LogP contribution in [0.3, 0.4) is 0 Å². The molecule has 1 fully saturated rings. The van der Waals surface area contributed by atoms with Gasteiger partial charge in [-0.15, -0.1) is 0 Å². The van der Waals surface area contributed by atoms with Gasteiger partial charge < -0.3 is 14.0 Å². The molecule has 0 atom stereocenters. The van der Waals surface area contributed by atoms with Crippen LogP contribution in [0.15, 0.2) is 5.38 Å². The zero-order chi connectivity index (χ0) is 13.6. The lowest BCUT2D eigenvalue weighted by atomic mass is 9.81. The Balaban J connectivity index is 2.22. The molecule has 1 saturated heterocycles. The summed E-state index contributed by atoms with van der Waals surface area (Å²) in [5.41, 5.74) is -0.650. The highest BCUT2D eigenvalue weighted by molar-refractivity contribution is 7.05. The van der Waals surface area contributed by atoms with Gasteiger partial charge in [-0.05, 0) is 39.2 Å². The van der Waals surface area contributed by atoms with E-state index >= 15 is 0 Å². The molecule has 18 heavy (non-hydrogen) atoms. The topological polar surface area (TPSA) is 40.6 Å². The lowest BCUT2D eigenvalue weighted by molar-refractivity contribution is -0.0516. The van der Waals surface area contributed by atoms with Crippen LogP contribution >= 0.6 is 11.5 Å². The number of hydrogen-bond acceptors (Lipinski definition) is 5. The van der Waals surface area contributed by atoms with Crippen molar-refractivity contribution in [1.29, 1.82) is 0 Å². The number of nitrogens with zero attached hydrogens (tertiary/aromatic N) is 1. The molecule has 1 aromatic rings. The van der Waals surface area contributed by atoms with Crippen molar-refractivity contribution in [3.8, 4) is 5.88 Å². The lowest BCUT2D eigenvalue weighted by Gasteiger charge is -2.32. The predicted molar refractivity (Wildman–Crippen MR) is 64.5 cm³/mol. The maximum absolute atomic E-state index is 12.2. The van der Waals surface area contributed by atoms with Gasteiger partial charge in [0, 0.05) is 5.38 Å². The van der Waals surface area contributed by atoms with Crippen molar-refractivity contribution < 1.29 is 22.8 Å². The van der Waals surface area contributed by atoms with E-state index < -0.39 is 24.9 Å². The van der Waals surface area contributed by atoms with Crippen LogP contribution < -0.4 is 10.2 Å². The third-order valence-electron chi connectivity index (χ3n) is 3.27. The van der Waals surface area contributed by atoms with Gasteiger partial charge in [-0.3, -0.25) is 0 Å². The minimum atomic E-state index is -2.91. The van der Waals surface area contributed by atoms with Crippen molar-refractivity contribution in [3.05, 3.63) is 5.38 Å². The maximum Gasteiger partial charge on any atom is 0.501 e. The van der Waals surface area contributed by atoms with E-state index in [1.54, 1.807) is 5.38 Å². The van der Waals surface area contributed by atoms with Crippen molar-refractivity contribution in [2.24, 2.45) is 0 Å². The summed E-state index contributed by atoms with van der Waals surface area (Å²) in [4.78, 5) is 0. The van der Waals surface area contributed by atoms with E-state index in [1.807, 2.05) is 27.7 Å². The second-order valence-electron chi connectivity index (χ2n) is 5.04. The maximum atomic E-state index is 12.2. The van der Waals surface area contributed by atoms with Gasteiger partial charge in [0.05, 0.1) is 16.7 Å². The average molecular weight is 277 g/mol. The minimum Gasteiger partial charge on any atom is -0.416 e. The molecule has 0 amide bonds. The molecule has 1 aliphatic heterocycles. The van der Waals surface area contributed by atoms with Crippen molar-refractivity contribution in [2.75, 3.05) is 0 Å². The molecule has 2 heterocycles. The summed E-state index contributed by atoms with van der Waals surface area (Å²) in [7, 11) is -0.734. The fourth-order valence-corrected chi connectivity index (χ4v) is 2.16. The van der Waals surface area contributed by atoms with E-state index in [0.717, 1.165) is 11.5 Å². The van der Waals surface area contributed by atoms with E-state index in [9.17, 15) is 8.78 Å². The summed E-state index contributed by atoms with van der Waals surface area (Å²) >= 11 is 1.03. The van der Waals surface area contributed by atoms with Gasteiger partial charge in [0.25, 0.3) is 0 Å². The summed E-state index contributed by atoms with van der Waals surface area (Å²) in [5, 5.41) is 1.60. The van der Waals surface area contributed by atoms with Crippen molar-refractivity contribution in [3.63, 3.8) is 0 Å². The summed E-state index contributed by atoms with van der Waals surface area (Å²) in [6, 6.07) is 0. The molecular weight excluding hydrogens is 263 g/mol. The Labute approximate surface area is 109 Å². The minimum absolute atomic E-state index is 0.131. The van der Waals surface area contributed by atoms with Crippen molar-refractivity contribution >= 4 is 24.1 Å². The number of ether oxygens (including phenoxy) is 1. The number of halogens is 2. The summed E-state index contributed by atoms with van der Waals surface area (Å²) < 4.78 is 44.1. The molecule has 2 rings (SSSR count). The number of hydrogen-bond donors (Lipinski definition) is 0. The highest BCUT2D eigenvalue weighted by Gasteiger charge is 2.53. The third kappa shape index (κ3) is 2.37. The van der Waals surface area contributed by atoms with Crippen LogP contribution in [-0.2, 0) is 9.31 Å². The molecule has 8 heteroatoms. The second-order valence-corrected chi connectivity index (χ2v) is 5.67. The van der Waals surface area contributed by atoms with Gasteiger partial charge in [0.1, 0.15) is 0 Å². The van der Waals surface area contributed by atoms with Crippen LogP contribution in [0.4, 0.5) is 8.78 Å². The molecule has 0 N–H and O–H groups in total. The normalized spacial score (nSPS) is 21.6. The first-order valence-electron chi connectivity index (χ1n) is 5.48. The van der Waals surface area contributed by atoms with Crippen LogP contribution in [0, 0.1) is 0 Å². The number of rotatable bonds is 3. The highest BCUT2D eigenvalue weighted by Crippen LogP contribution is 2.37. The zero-order valence-corrected chi connectivity index (χ0v) is 11.4. The predicted octanol–water partition coefficient (Wildman–Crippen LogP) is 2.04. The fraction of sp³-hybridized carbons (Fsp3) is 0.700. The van der Waals surface area contributed by atoms with E-state index in [0.29, 0.717) is 5.46 Å². The zero-order valence-electron chi connectivity index (χ0n) is 10.6. The Morgan fingerprint density at radius 1 is 1.28 bits per heavy atom. The first-order valence-corrected chi connectivity index (χ1v) is 6.31. The smallest absolute Gasteiger partial charge is 0.416 e. The Morgan fingerprint density at radius 3 is 2.33 bits per heavy atom. The van der Waals surface area contributed by atoms with Gasteiger partial charge in [-0.1, -0.05) is 0 Å². The van der Waals surface area contributed by atoms with Crippen LogP contribution in [0.25, 0.3) is 0 Å². The Kier molecular flexibility index (Phi) is 3.37. The van der Waals surface area contributed by atoms with E-state index in [1.165, 1.54) is 0 Å². The molecule has 0 radical (unpaired) electrons. The first-order chi connectivity index (χ1) is 8.23. The molecule has 0 unspecified atom stereocenters. The highest BCUT2D eigenvalue weighted by atomic mass is 32.1. The van der Waals surface area contributed by atoms with Crippen LogP contribution in [0.1, 0.15) is 27.7 Å². The molecular formula is C10H14BF2NO3S. The van der Waals surface area contributed by atoms with Gasteiger partial charge in [-0.25, -0.2) is 0 Å². The van der Waals surface area contributed by atoms with Gasteiger partial charge in [0.15, 0.2) is 0 Å². The van der Waals surface area contributed by atoms with Crippen LogP contribution in [-0.4, -0.2) is 29.3 Å². The second kappa shape index (κ2) is 4.43. The molecule has 1 aliphatic rings. The third-order valence-corrected chi connectivity index (χ3v) is 3.90. The molecule has 0 aliphatic carbocycles. The number of alkyl halides is 2. The van der Waals surface area contributed by atoms with Gasteiger partial charge in [-0.2, -0.15) is 13.2 Å². The molecule has 1 aromatic heterocycles. The average Bonchev–Trinajstić information content (AvgIpc) is 2.69. The SMILES string of the molecule is CC1(C)OB(c2csnc2OC(F)F)OC1(C)C. The molecule has 0 bridgehead atoms. The Morgan fingerprint density at radius 2 is 1.83 bits per heavy atom. The fourth-order valence-electron chi connectivity index (χ4n) is 1.53. The summed E-state index contributed by atoms with van der Waals surface area (Å²) in [6.45, 7) is 4.65. The van der Waals surface area contributed by atoms with Gasteiger partial charge >= 0.3 is 13.7 Å². The largest absolute Gasteiger partial charge is 0.501 e. The van der Waals surface area contributed by atoms with Crippen molar-refractivity contribution in [1.82, 2.24) is 4.37 Å². The Bertz CT molecular complexity index is 423. The van der Waals surface area contributed by atoms with E-state index in [2.05, 4.69) is 9.11 Å². The molecule has 0 saturated carbocycles. The molecule has 4 nitrogen and oxygen atoms in total. The van der Waals surface area contributed by atoms with Gasteiger partial charge in [0.2, 0.25) is 5.88 Å². The van der Waals surface area contributed by atoms with E-state index in [4.69, 9.17) is 9.31 Å². The molecule has 0 spiro atoms. The quantitative estimate of drug-likeness (QED) is 0.793. The first kappa shape index (κ1) is 13.7. The monoisotopic (exact) mass is 277 g/mol. The lowest BCUT2D eigenvalue weighted by Crippen LogP contribution is -2.41. The van der Waals surface area contributed by atoms with Crippen LogP contribution in [0.2, 0.25) is 0 Å². The number of aromatic nitrogens is 1. The standard InChI is InChI=1S/C10H14BF2NO3S/c1-9(2)10(3,4)17-11(16-9)6-5-18-14-7(6)15-8(12)13/h5,8H,1-4H3. The summed E-state index contributed by atoms with van der Waals surface area (Å²) in [5.74, 6) is -0.131. The molecule has 0 aromatic carbocycles. The summed E-state index contributed by atoms with van der Waals surface area (Å²) in [6.07, 6.45) is 0.